The number of fused-ring (bicyclic) bond motifs is 1. The smallest absolute Gasteiger partial charge is 0.410 e. The van der Waals surface area contributed by atoms with Gasteiger partial charge in [0.1, 0.15) is 6.61 Å². The molecule has 2 fully saturated rings. The number of piperidine rings is 1. The Morgan fingerprint density at radius 3 is 2.81 bits per heavy atom. The van der Waals surface area contributed by atoms with Crippen molar-refractivity contribution in [2.75, 3.05) is 13.1 Å². The van der Waals surface area contributed by atoms with E-state index in [0.29, 0.717) is 18.4 Å². The van der Waals surface area contributed by atoms with E-state index >= 15 is 0 Å². The average molecular weight is 289 g/mol. The average Bonchev–Trinajstić information content (AvgIpc) is 2.53. The van der Waals surface area contributed by atoms with Crippen molar-refractivity contribution in [2.24, 2.45) is 11.8 Å². The van der Waals surface area contributed by atoms with Crippen LogP contribution in [0.5, 0.6) is 0 Å². The molecule has 1 heterocycles. The monoisotopic (exact) mass is 289 g/mol. The molecule has 1 aromatic carbocycles. The molecule has 1 N–H and O–H groups in total. The zero-order valence-corrected chi connectivity index (χ0v) is 12.3. The zero-order valence-electron chi connectivity index (χ0n) is 12.3. The predicted octanol–water partition coefficient (Wildman–Crippen LogP) is 2.81. The first-order chi connectivity index (χ1) is 10.2. The van der Waals surface area contributed by atoms with Crippen molar-refractivity contribution in [1.29, 1.82) is 0 Å². The van der Waals surface area contributed by atoms with Crippen molar-refractivity contribution in [2.45, 2.75) is 38.4 Å². The molecule has 0 aromatic heterocycles. The molecule has 1 saturated carbocycles. The number of carbonyl (C=O) groups is 1. The lowest BCUT2D eigenvalue weighted by Crippen LogP contribution is -2.46. The quantitative estimate of drug-likeness (QED) is 0.911. The second-order valence-electron chi connectivity index (χ2n) is 6.26. The van der Waals surface area contributed by atoms with Crippen LogP contribution in [0, 0.1) is 11.8 Å². The van der Waals surface area contributed by atoms with Gasteiger partial charge in [-0.05, 0) is 43.1 Å². The van der Waals surface area contributed by atoms with E-state index in [9.17, 15) is 9.90 Å². The van der Waals surface area contributed by atoms with E-state index < -0.39 is 0 Å². The van der Waals surface area contributed by atoms with Gasteiger partial charge in [0, 0.05) is 13.1 Å². The number of aliphatic hydroxyl groups is 1. The Morgan fingerprint density at radius 2 is 2.00 bits per heavy atom. The minimum Gasteiger partial charge on any atom is -0.445 e. The molecule has 1 aromatic rings. The van der Waals surface area contributed by atoms with Crippen molar-refractivity contribution >= 4 is 6.09 Å². The highest BCUT2D eigenvalue weighted by Gasteiger charge is 2.36. The Labute approximate surface area is 125 Å². The van der Waals surface area contributed by atoms with Crippen LogP contribution in [-0.2, 0) is 11.3 Å². The molecule has 2 aliphatic rings. The summed E-state index contributed by atoms with van der Waals surface area (Å²) in [6.07, 6.45) is 3.44. The molecule has 3 unspecified atom stereocenters. The molecule has 3 rings (SSSR count). The summed E-state index contributed by atoms with van der Waals surface area (Å²) in [5.41, 5.74) is 1.02. The fraction of sp³-hybridized carbons (Fsp3) is 0.588. The Morgan fingerprint density at radius 1 is 1.19 bits per heavy atom. The third kappa shape index (κ3) is 3.56. The van der Waals surface area contributed by atoms with Crippen LogP contribution < -0.4 is 0 Å². The normalized spacial score (nSPS) is 28.8. The summed E-state index contributed by atoms with van der Waals surface area (Å²) in [5.74, 6) is 1.11. The lowest BCUT2D eigenvalue weighted by Gasteiger charge is -2.42. The SMILES string of the molecule is O=C(OCc1ccccc1)N1CCC2CC(O)CCC2C1. The van der Waals surface area contributed by atoms with Gasteiger partial charge in [0.15, 0.2) is 0 Å². The maximum absolute atomic E-state index is 12.2. The topological polar surface area (TPSA) is 49.8 Å². The highest BCUT2D eigenvalue weighted by atomic mass is 16.6. The molecule has 21 heavy (non-hydrogen) atoms. The van der Waals surface area contributed by atoms with Crippen LogP contribution >= 0.6 is 0 Å². The summed E-state index contributed by atoms with van der Waals surface area (Å²) < 4.78 is 5.41. The minimum absolute atomic E-state index is 0.136. The highest BCUT2D eigenvalue weighted by Crippen LogP contribution is 2.36. The molecule has 1 amide bonds. The standard InChI is InChI=1S/C17H23NO3/c19-16-7-6-15-11-18(9-8-14(15)10-16)17(20)21-12-13-4-2-1-3-5-13/h1-5,14-16,19H,6-12H2. The second-order valence-corrected chi connectivity index (χ2v) is 6.26. The van der Waals surface area contributed by atoms with E-state index in [1.54, 1.807) is 0 Å². The third-order valence-electron chi connectivity index (χ3n) is 4.80. The van der Waals surface area contributed by atoms with Crippen LogP contribution in [0.3, 0.4) is 0 Å². The van der Waals surface area contributed by atoms with E-state index in [1.807, 2.05) is 35.2 Å². The number of amides is 1. The van der Waals surface area contributed by atoms with Crippen LogP contribution in [0.1, 0.15) is 31.2 Å². The number of benzene rings is 1. The zero-order chi connectivity index (χ0) is 14.7. The van der Waals surface area contributed by atoms with E-state index in [1.165, 1.54) is 0 Å². The van der Waals surface area contributed by atoms with Crippen molar-refractivity contribution < 1.29 is 14.6 Å². The lowest BCUT2D eigenvalue weighted by molar-refractivity contribution is 0.0149. The number of ether oxygens (including phenoxy) is 1. The van der Waals surface area contributed by atoms with Gasteiger partial charge in [-0.2, -0.15) is 0 Å². The highest BCUT2D eigenvalue weighted by molar-refractivity contribution is 5.67. The molecular formula is C17H23NO3. The predicted molar refractivity (Wildman–Crippen MR) is 79.7 cm³/mol. The Balaban J connectivity index is 1.50. The van der Waals surface area contributed by atoms with Crippen molar-refractivity contribution in [3.05, 3.63) is 35.9 Å². The molecule has 0 spiro atoms. The largest absolute Gasteiger partial charge is 0.445 e. The van der Waals surface area contributed by atoms with E-state index in [4.69, 9.17) is 4.74 Å². The van der Waals surface area contributed by atoms with Gasteiger partial charge < -0.3 is 14.7 Å². The first-order valence-electron chi connectivity index (χ1n) is 7.86. The molecule has 0 bridgehead atoms. The minimum atomic E-state index is -0.205. The molecule has 4 nitrogen and oxygen atoms in total. The van der Waals surface area contributed by atoms with Gasteiger partial charge in [0.05, 0.1) is 6.10 Å². The summed E-state index contributed by atoms with van der Waals surface area (Å²) in [6, 6.07) is 9.77. The first kappa shape index (κ1) is 14.4. The van der Waals surface area contributed by atoms with Crippen molar-refractivity contribution in [1.82, 2.24) is 4.90 Å². The van der Waals surface area contributed by atoms with Gasteiger partial charge in [-0.25, -0.2) is 4.79 Å². The number of rotatable bonds is 2. The Hall–Kier alpha value is -1.55. The molecular weight excluding hydrogens is 266 g/mol. The molecule has 114 valence electrons. The number of aliphatic hydroxyl groups excluding tert-OH is 1. The maximum Gasteiger partial charge on any atom is 0.410 e. The second kappa shape index (κ2) is 6.48. The summed E-state index contributed by atoms with van der Waals surface area (Å²) in [6.45, 7) is 1.87. The van der Waals surface area contributed by atoms with Crippen LogP contribution in [0.25, 0.3) is 0 Å². The van der Waals surface area contributed by atoms with Gasteiger partial charge in [-0.15, -0.1) is 0 Å². The van der Waals surface area contributed by atoms with Crippen LogP contribution in [-0.4, -0.2) is 35.3 Å². The number of likely N-dealkylation sites (tertiary alicyclic amines) is 1. The Kier molecular flexibility index (Phi) is 4.44. The number of carbonyl (C=O) groups excluding carboxylic acids is 1. The fourth-order valence-corrected chi connectivity index (χ4v) is 3.57. The van der Waals surface area contributed by atoms with Crippen LogP contribution in [0.15, 0.2) is 30.3 Å². The van der Waals surface area contributed by atoms with Crippen molar-refractivity contribution in [3.63, 3.8) is 0 Å². The number of hydrogen-bond donors (Lipinski definition) is 1. The van der Waals surface area contributed by atoms with Crippen molar-refractivity contribution in [3.8, 4) is 0 Å². The fourth-order valence-electron chi connectivity index (χ4n) is 3.57. The van der Waals surface area contributed by atoms with E-state index in [2.05, 4.69) is 0 Å². The lowest BCUT2D eigenvalue weighted by atomic mass is 9.74. The van der Waals surface area contributed by atoms with Crippen LogP contribution in [0.2, 0.25) is 0 Å². The van der Waals surface area contributed by atoms with Gasteiger partial charge >= 0.3 is 6.09 Å². The van der Waals surface area contributed by atoms with Gasteiger partial charge in [0.2, 0.25) is 0 Å². The van der Waals surface area contributed by atoms with E-state index in [-0.39, 0.29) is 12.2 Å². The van der Waals surface area contributed by atoms with E-state index in [0.717, 1.165) is 44.3 Å². The number of hydrogen-bond acceptors (Lipinski definition) is 3. The van der Waals surface area contributed by atoms with Crippen LogP contribution in [0.4, 0.5) is 4.79 Å². The summed E-state index contributed by atoms with van der Waals surface area (Å²) in [7, 11) is 0. The molecule has 0 radical (unpaired) electrons. The molecule has 1 saturated heterocycles. The van der Waals surface area contributed by atoms with Gasteiger partial charge in [0.25, 0.3) is 0 Å². The molecule has 4 heteroatoms. The first-order valence-corrected chi connectivity index (χ1v) is 7.86. The molecule has 1 aliphatic carbocycles. The van der Waals surface area contributed by atoms with Gasteiger partial charge in [-0.1, -0.05) is 30.3 Å². The molecule has 3 atom stereocenters. The van der Waals surface area contributed by atoms with Gasteiger partial charge in [-0.3, -0.25) is 0 Å². The number of nitrogens with zero attached hydrogens (tertiary/aromatic N) is 1. The third-order valence-corrected chi connectivity index (χ3v) is 4.80. The summed E-state index contributed by atoms with van der Waals surface area (Å²) in [5, 5.41) is 9.73. The summed E-state index contributed by atoms with van der Waals surface area (Å²) >= 11 is 0. The Bertz CT molecular complexity index is 476. The maximum atomic E-state index is 12.2. The molecule has 1 aliphatic heterocycles. The summed E-state index contributed by atoms with van der Waals surface area (Å²) in [4.78, 5) is 14.0.